The maximum atomic E-state index is 11.8. The Morgan fingerprint density at radius 2 is 2.26 bits per heavy atom. The van der Waals surface area contributed by atoms with Crippen molar-refractivity contribution >= 4 is 11.8 Å². The number of aliphatic hydroxyl groups excluding tert-OH is 1. The molecule has 0 fully saturated rings. The van der Waals surface area contributed by atoms with Crippen molar-refractivity contribution in [1.29, 1.82) is 0 Å². The number of furan rings is 1. The molecular weight excluding hydrogens is 252 g/mol. The number of rotatable bonds is 8. The van der Waals surface area contributed by atoms with Crippen LogP contribution in [-0.4, -0.2) is 61.8 Å². The molecule has 0 atom stereocenters. The van der Waals surface area contributed by atoms with Gasteiger partial charge in [-0.05, 0) is 12.1 Å². The molecule has 7 heteroatoms. The van der Waals surface area contributed by atoms with Gasteiger partial charge >= 0.3 is 0 Å². The number of amides is 2. The maximum Gasteiger partial charge on any atom is 0.287 e. The maximum absolute atomic E-state index is 11.8. The number of hydrogen-bond acceptors (Lipinski definition) is 5. The molecule has 1 aromatic rings. The van der Waals surface area contributed by atoms with E-state index >= 15 is 0 Å². The molecule has 19 heavy (non-hydrogen) atoms. The zero-order chi connectivity index (χ0) is 14.1. The number of ether oxygens (including phenoxy) is 1. The molecule has 2 amide bonds. The first-order chi connectivity index (χ1) is 9.19. The third-order valence-electron chi connectivity index (χ3n) is 2.43. The second-order valence-corrected chi connectivity index (χ2v) is 3.76. The summed E-state index contributed by atoms with van der Waals surface area (Å²) in [6.07, 6.45) is 1.38. The Morgan fingerprint density at radius 3 is 2.84 bits per heavy atom. The molecule has 0 radical (unpaired) electrons. The SMILES string of the molecule is COCCN(CCO)C(=O)CNC(=O)c1ccco1. The highest BCUT2D eigenvalue weighted by Crippen LogP contribution is 1.99. The fourth-order valence-electron chi connectivity index (χ4n) is 1.45. The Morgan fingerprint density at radius 1 is 1.47 bits per heavy atom. The van der Waals surface area contributed by atoms with E-state index < -0.39 is 5.91 Å². The van der Waals surface area contributed by atoms with Gasteiger partial charge in [0.2, 0.25) is 5.91 Å². The van der Waals surface area contributed by atoms with Crippen molar-refractivity contribution in [3.05, 3.63) is 24.2 Å². The minimum atomic E-state index is -0.450. The van der Waals surface area contributed by atoms with Gasteiger partial charge in [0.1, 0.15) is 0 Å². The average molecular weight is 270 g/mol. The quantitative estimate of drug-likeness (QED) is 0.663. The van der Waals surface area contributed by atoms with E-state index in [2.05, 4.69) is 5.32 Å². The molecule has 1 aromatic heterocycles. The first kappa shape index (κ1) is 15.2. The summed E-state index contributed by atoms with van der Waals surface area (Å²) >= 11 is 0. The van der Waals surface area contributed by atoms with Crippen LogP contribution in [0.4, 0.5) is 0 Å². The Labute approximate surface area is 111 Å². The number of methoxy groups -OCH3 is 1. The van der Waals surface area contributed by atoms with E-state index in [1.165, 1.54) is 24.3 Å². The molecule has 0 aromatic carbocycles. The zero-order valence-electron chi connectivity index (χ0n) is 10.8. The third kappa shape index (κ3) is 5.11. The van der Waals surface area contributed by atoms with E-state index in [1.54, 1.807) is 6.07 Å². The van der Waals surface area contributed by atoms with Crippen molar-refractivity contribution in [2.75, 3.05) is 40.0 Å². The van der Waals surface area contributed by atoms with Crippen LogP contribution in [0.2, 0.25) is 0 Å². The molecule has 0 saturated carbocycles. The van der Waals surface area contributed by atoms with Gasteiger partial charge in [-0.1, -0.05) is 0 Å². The molecule has 2 N–H and O–H groups in total. The van der Waals surface area contributed by atoms with Crippen molar-refractivity contribution in [2.45, 2.75) is 0 Å². The highest BCUT2D eigenvalue weighted by molar-refractivity contribution is 5.94. The van der Waals surface area contributed by atoms with Gasteiger partial charge in [-0.15, -0.1) is 0 Å². The number of hydrogen-bond donors (Lipinski definition) is 2. The van der Waals surface area contributed by atoms with Gasteiger partial charge < -0.3 is 24.5 Å². The second-order valence-electron chi connectivity index (χ2n) is 3.76. The summed E-state index contributed by atoms with van der Waals surface area (Å²) < 4.78 is 9.78. The second kappa shape index (κ2) is 8.28. The molecule has 106 valence electrons. The first-order valence-corrected chi connectivity index (χ1v) is 5.88. The van der Waals surface area contributed by atoms with Gasteiger partial charge in [-0.2, -0.15) is 0 Å². The molecular formula is C12H18N2O5. The Bertz CT molecular complexity index is 391. The molecule has 0 bridgehead atoms. The minimum absolute atomic E-state index is 0.137. The van der Waals surface area contributed by atoms with Gasteiger partial charge in [-0.25, -0.2) is 0 Å². The van der Waals surface area contributed by atoms with Crippen LogP contribution in [0, 0.1) is 0 Å². The van der Waals surface area contributed by atoms with E-state index in [-0.39, 0.29) is 31.4 Å². The van der Waals surface area contributed by atoms with Crippen molar-refractivity contribution < 1.29 is 23.8 Å². The summed E-state index contributed by atoms with van der Waals surface area (Å²) in [5.41, 5.74) is 0. The Kier molecular flexibility index (Phi) is 6.62. The smallest absolute Gasteiger partial charge is 0.287 e. The largest absolute Gasteiger partial charge is 0.459 e. The number of nitrogens with one attached hydrogen (secondary N) is 1. The van der Waals surface area contributed by atoms with Crippen LogP contribution in [0.25, 0.3) is 0 Å². The van der Waals surface area contributed by atoms with E-state index in [0.717, 1.165) is 0 Å². The minimum Gasteiger partial charge on any atom is -0.459 e. The molecule has 0 aliphatic carbocycles. The molecule has 7 nitrogen and oxygen atoms in total. The van der Waals surface area contributed by atoms with Crippen LogP contribution in [0.3, 0.4) is 0 Å². The first-order valence-electron chi connectivity index (χ1n) is 5.88. The lowest BCUT2D eigenvalue weighted by Crippen LogP contribution is -2.42. The number of aliphatic hydroxyl groups is 1. The van der Waals surface area contributed by atoms with E-state index in [0.29, 0.717) is 13.2 Å². The van der Waals surface area contributed by atoms with Crippen molar-refractivity contribution in [3.8, 4) is 0 Å². The Hall–Kier alpha value is -1.86. The van der Waals surface area contributed by atoms with E-state index in [4.69, 9.17) is 14.3 Å². The summed E-state index contributed by atoms with van der Waals surface area (Å²) in [4.78, 5) is 24.8. The van der Waals surface area contributed by atoms with Crippen molar-refractivity contribution in [3.63, 3.8) is 0 Å². The topological polar surface area (TPSA) is 92.0 Å². The predicted molar refractivity (Wildman–Crippen MR) is 66.6 cm³/mol. The lowest BCUT2D eigenvalue weighted by Gasteiger charge is -2.21. The summed E-state index contributed by atoms with van der Waals surface area (Å²) in [6, 6.07) is 3.10. The van der Waals surface area contributed by atoms with Crippen LogP contribution in [0.1, 0.15) is 10.6 Å². The third-order valence-corrected chi connectivity index (χ3v) is 2.43. The van der Waals surface area contributed by atoms with Crippen LogP contribution in [0.5, 0.6) is 0 Å². The zero-order valence-corrected chi connectivity index (χ0v) is 10.8. The molecule has 0 aliphatic heterocycles. The predicted octanol–water partition coefficient (Wildman–Crippen LogP) is -0.523. The van der Waals surface area contributed by atoms with Crippen LogP contribution in [0.15, 0.2) is 22.8 Å². The fourth-order valence-corrected chi connectivity index (χ4v) is 1.45. The van der Waals surface area contributed by atoms with Gasteiger partial charge in [0.05, 0.1) is 26.0 Å². The van der Waals surface area contributed by atoms with Crippen LogP contribution >= 0.6 is 0 Å². The van der Waals surface area contributed by atoms with E-state index in [1.807, 2.05) is 0 Å². The molecule has 1 rings (SSSR count). The van der Waals surface area contributed by atoms with Gasteiger partial charge in [-0.3, -0.25) is 9.59 Å². The average Bonchev–Trinajstić information content (AvgIpc) is 2.94. The van der Waals surface area contributed by atoms with Crippen LogP contribution < -0.4 is 5.32 Å². The summed E-state index contributed by atoms with van der Waals surface area (Å²) in [5, 5.41) is 11.3. The molecule has 1 heterocycles. The number of nitrogens with zero attached hydrogens (tertiary/aromatic N) is 1. The lowest BCUT2D eigenvalue weighted by molar-refractivity contribution is -0.131. The highest BCUT2D eigenvalue weighted by Gasteiger charge is 2.15. The monoisotopic (exact) mass is 270 g/mol. The fraction of sp³-hybridized carbons (Fsp3) is 0.500. The molecule has 0 aliphatic rings. The summed E-state index contributed by atoms with van der Waals surface area (Å²) in [6.45, 7) is 0.661. The number of carbonyl (C=O) groups excluding carboxylic acids is 2. The Balaban J connectivity index is 2.41. The molecule has 0 saturated heterocycles. The normalized spacial score (nSPS) is 10.2. The van der Waals surface area contributed by atoms with Gasteiger partial charge in [0.25, 0.3) is 5.91 Å². The molecule has 0 unspecified atom stereocenters. The number of carbonyl (C=O) groups is 2. The van der Waals surface area contributed by atoms with Crippen LogP contribution in [-0.2, 0) is 9.53 Å². The standard InChI is InChI=1S/C12H18N2O5/c1-18-8-5-14(4-6-15)11(16)9-13-12(17)10-3-2-7-19-10/h2-3,7,15H,4-6,8-9H2,1H3,(H,13,17). The van der Waals surface area contributed by atoms with Crippen molar-refractivity contribution in [1.82, 2.24) is 10.2 Å². The van der Waals surface area contributed by atoms with Gasteiger partial charge in [0, 0.05) is 20.2 Å². The van der Waals surface area contributed by atoms with E-state index in [9.17, 15) is 9.59 Å². The lowest BCUT2D eigenvalue weighted by atomic mass is 10.4. The van der Waals surface area contributed by atoms with Gasteiger partial charge in [0.15, 0.2) is 5.76 Å². The highest BCUT2D eigenvalue weighted by atomic mass is 16.5. The summed E-state index contributed by atoms with van der Waals surface area (Å²) in [5.74, 6) is -0.585. The van der Waals surface area contributed by atoms with Crippen molar-refractivity contribution in [2.24, 2.45) is 0 Å². The summed E-state index contributed by atoms with van der Waals surface area (Å²) in [7, 11) is 1.53. The molecule has 0 spiro atoms.